The molecular weight excluding hydrogens is 224 g/mol. The molecular formula is C16H28O2. The zero-order valence-corrected chi connectivity index (χ0v) is 12.8. The maximum atomic E-state index is 11.6. The number of carbonyl (C=O) groups is 1. The van der Waals surface area contributed by atoms with E-state index in [9.17, 15) is 4.79 Å². The predicted molar refractivity (Wildman–Crippen MR) is 75.3 cm³/mol. The van der Waals surface area contributed by atoms with Crippen LogP contribution in [-0.4, -0.2) is 12.1 Å². The molecule has 1 fully saturated rings. The molecule has 2 heteroatoms. The molecule has 2 atom stereocenters. The molecule has 2 nitrogen and oxygen atoms in total. The summed E-state index contributed by atoms with van der Waals surface area (Å²) in [5.41, 5.74) is 1.02. The molecule has 0 bridgehead atoms. The highest BCUT2D eigenvalue weighted by atomic mass is 16.5. The fraction of sp³-hybridized carbons (Fsp3) is 0.812. The molecule has 0 spiro atoms. The first-order valence-electron chi connectivity index (χ1n) is 6.90. The van der Waals surface area contributed by atoms with Crippen LogP contribution in [0.4, 0.5) is 0 Å². The second-order valence-electron chi connectivity index (χ2n) is 7.50. The van der Waals surface area contributed by atoms with Crippen molar-refractivity contribution in [3.05, 3.63) is 12.2 Å². The molecule has 1 saturated carbocycles. The van der Waals surface area contributed by atoms with E-state index < -0.39 is 0 Å². The molecule has 0 saturated heterocycles. The van der Waals surface area contributed by atoms with Crippen molar-refractivity contribution in [3.8, 4) is 0 Å². The first-order valence-corrected chi connectivity index (χ1v) is 6.90. The van der Waals surface area contributed by atoms with Crippen molar-refractivity contribution in [1.82, 2.24) is 0 Å². The van der Waals surface area contributed by atoms with Gasteiger partial charge >= 0.3 is 5.97 Å². The van der Waals surface area contributed by atoms with Crippen LogP contribution in [-0.2, 0) is 9.53 Å². The van der Waals surface area contributed by atoms with E-state index in [1.807, 2.05) is 0 Å². The van der Waals surface area contributed by atoms with Gasteiger partial charge in [0.25, 0.3) is 0 Å². The van der Waals surface area contributed by atoms with Gasteiger partial charge in [-0.2, -0.15) is 0 Å². The van der Waals surface area contributed by atoms with Crippen LogP contribution in [0.3, 0.4) is 0 Å². The van der Waals surface area contributed by atoms with Gasteiger partial charge in [-0.05, 0) is 42.9 Å². The largest absolute Gasteiger partial charge is 0.459 e. The lowest BCUT2D eigenvalue weighted by molar-refractivity contribution is -0.150. The number of esters is 1. The Morgan fingerprint density at radius 2 is 1.83 bits per heavy atom. The molecule has 1 aliphatic carbocycles. The molecule has 0 aromatic rings. The van der Waals surface area contributed by atoms with Crippen LogP contribution < -0.4 is 0 Å². The van der Waals surface area contributed by atoms with Gasteiger partial charge in [0.05, 0.1) is 0 Å². The van der Waals surface area contributed by atoms with E-state index >= 15 is 0 Å². The van der Waals surface area contributed by atoms with Crippen molar-refractivity contribution in [2.45, 2.75) is 66.9 Å². The second kappa shape index (κ2) is 5.07. The maximum absolute atomic E-state index is 11.6. The van der Waals surface area contributed by atoms with Gasteiger partial charge in [0.2, 0.25) is 0 Å². The number of hydrogen-bond acceptors (Lipinski definition) is 2. The molecule has 1 rings (SSSR count). The second-order valence-corrected chi connectivity index (χ2v) is 7.50. The van der Waals surface area contributed by atoms with E-state index in [2.05, 4.69) is 41.2 Å². The van der Waals surface area contributed by atoms with Crippen LogP contribution in [0.15, 0.2) is 12.2 Å². The zero-order chi connectivity index (χ0) is 14.1. The molecule has 0 aliphatic heterocycles. The number of carbonyl (C=O) groups excluding carboxylic acids is 1. The molecule has 0 N–H and O–H groups in total. The van der Waals surface area contributed by atoms with Gasteiger partial charge in [-0.3, -0.25) is 0 Å². The summed E-state index contributed by atoms with van der Waals surface area (Å²) in [4.78, 5) is 11.6. The normalized spacial score (nSPS) is 27.7. The SMILES string of the molecule is C=C(C)C(=O)OC1CCC(C(C)(C)C)C(C)(C)C1. The highest BCUT2D eigenvalue weighted by Gasteiger charge is 2.43. The third-order valence-corrected chi connectivity index (χ3v) is 4.14. The van der Waals surface area contributed by atoms with Crippen molar-refractivity contribution in [1.29, 1.82) is 0 Å². The van der Waals surface area contributed by atoms with E-state index in [0.717, 1.165) is 19.3 Å². The molecule has 104 valence electrons. The highest BCUT2D eigenvalue weighted by molar-refractivity contribution is 5.87. The van der Waals surface area contributed by atoms with Gasteiger partial charge in [-0.25, -0.2) is 4.79 Å². The number of ether oxygens (including phenoxy) is 1. The van der Waals surface area contributed by atoms with Crippen LogP contribution in [0.2, 0.25) is 0 Å². The monoisotopic (exact) mass is 252 g/mol. The fourth-order valence-electron chi connectivity index (χ4n) is 3.53. The summed E-state index contributed by atoms with van der Waals surface area (Å²) in [6, 6.07) is 0. The van der Waals surface area contributed by atoms with E-state index in [0.29, 0.717) is 16.9 Å². The molecule has 1 aliphatic rings. The molecule has 0 heterocycles. The summed E-state index contributed by atoms with van der Waals surface area (Å²) in [7, 11) is 0. The van der Waals surface area contributed by atoms with Gasteiger partial charge < -0.3 is 4.74 Å². The molecule has 2 unspecified atom stereocenters. The van der Waals surface area contributed by atoms with Crippen LogP contribution in [0.1, 0.15) is 60.8 Å². The molecule has 0 aromatic heterocycles. The standard InChI is InChI=1S/C16H28O2/c1-11(2)14(17)18-12-8-9-13(15(3,4)5)16(6,7)10-12/h12-13H,1,8-10H2,2-7H3. The summed E-state index contributed by atoms with van der Waals surface area (Å²) in [6.07, 6.45) is 3.12. The molecule has 18 heavy (non-hydrogen) atoms. The molecule has 0 aromatic carbocycles. The number of hydrogen-bond donors (Lipinski definition) is 0. The van der Waals surface area contributed by atoms with Crippen LogP contribution in [0.25, 0.3) is 0 Å². The Hall–Kier alpha value is -0.790. The van der Waals surface area contributed by atoms with Crippen molar-refractivity contribution >= 4 is 5.97 Å². The van der Waals surface area contributed by atoms with Crippen molar-refractivity contribution < 1.29 is 9.53 Å². The Morgan fingerprint density at radius 1 is 1.28 bits per heavy atom. The Morgan fingerprint density at radius 3 is 2.22 bits per heavy atom. The quantitative estimate of drug-likeness (QED) is 0.539. The fourth-order valence-corrected chi connectivity index (χ4v) is 3.53. The summed E-state index contributed by atoms with van der Waals surface area (Å²) in [5, 5.41) is 0. The lowest BCUT2D eigenvalue weighted by Crippen LogP contribution is -2.42. The van der Waals surface area contributed by atoms with Crippen molar-refractivity contribution in [2.75, 3.05) is 0 Å². The summed E-state index contributed by atoms with van der Waals surface area (Å²) >= 11 is 0. The van der Waals surface area contributed by atoms with Crippen molar-refractivity contribution in [3.63, 3.8) is 0 Å². The average molecular weight is 252 g/mol. The lowest BCUT2D eigenvalue weighted by atomic mass is 9.59. The first kappa shape index (κ1) is 15.3. The number of rotatable bonds is 2. The lowest BCUT2D eigenvalue weighted by Gasteiger charge is -2.48. The predicted octanol–water partition coefficient (Wildman–Crippen LogP) is 4.35. The maximum Gasteiger partial charge on any atom is 0.333 e. The first-order chi connectivity index (χ1) is 8.04. The van der Waals surface area contributed by atoms with Gasteiger partial charge in [-0.15, -0.1) is 0 Å². The van der Waals surface area contributed by atoms with E-state index in [4.69, 9.17) is 4.74 Å². The zero-order valence-electron chi connectivity index (χ0n) is 12.8. The third kappa shape index (κ3) is 3.60. The molecule has 0 amide bonds. The summed E-state index contributed by atoms with van der Waals surface area (Å²) in [6.45, 7) is 16.8. The minimum Gasteiger partial charge on any atom is -0.459 e. The van der Waals surface area contributed by atoms with Crippen LogP contribution in [0, 0.1) is 16.7 Å². The van der Waals surface area contributed by atoms with E-state index in [1.165, 1.54) is 0 Å². The molecule has 0 radical (unpaired) electrons. The Labute approximate surface area is 112 Å². The Balaban J connectivity index is 2.69. The van der Waals surface area contributed by atoms with E-state index in [-0.39, 0.29) is 17.5 Å². The van der Waals surface area contributed by atoms with Crippen LogP contribution >= 0.6 is 0 Å². The topological polar surface area (TPSA) is 26.3 Å². The van der Waals surface area contributed by atoms with Gasteiger partial charge in [-0.1, -0.05) is 41.2 Å². The highest BCUT2D eigenvalue weighted by Crippen LogP contribution is 2.49. The summed E-state index contributed by atoms with van der Waals surface area (Å²) < 4.78 is 5.51. The van der Waals surface area contributed by atoms with Gasteiger partial charge in [0.1, 0.15) is 6.10 Å². The van der Waals surface area contributed by atoms with E-state index in [1.54, 1.807) is 6.92 Å². The summed E-state index contributed by atoms with van der Waals surface area (Å²) in [5.74, 6) is 0.426. The Bertz CT molecular complexity index is 333. The van der Waals surface area contributed by atoms with Crippen LogP contribution in [0.5, 0.6) is 0 Å². The smallest absolute Gasteiger partial charge is 0.333 e. The third-order valence-electron chi connectivity index (χ3n) is 4.14. The minimum atomic E-state index is -0.245. The van der Waals surface area contributed by atoms with Crippen molar-refractivity contribution in [2.24, 2.45) is 16.7 Å². The average Bonchev–Trinajstić information content (AvgIpc) is 2.13. The minimum absolute atomic E-state index is 0.0581. The van der Waals surface area contributed by atoms with Gasteiger partial charge in [0, 0.05) is 5.57 Å². The van der Waals surface area contributed by atoms with Gasteiger partial charge in [0.15, 0.2) is 0 Å². The Kier molecular flexibility index (Phi) is 4.30.